The van der Waals surface area contributed by atoms with E-state index in [1.807, 2.05) is 45.0 Å². The monoisotopic (exact) mass is 594 g/mol. The van der Waals surface area contributed by atoms with Crippen molar-refractivity contribution >= 4 is 23.9 Å². The maximum atomic E-state index is 12.4. The van der Waals surface area contributed by atoms with Gasteiger partial charge in [0, 0.05) is 0 Å². The highest BCUT2D eigenvalue weighted by atomic mass is 16.5. The quantitative estimate of drug-likeness (QED) is 0.126. The van der Waals surface area contributed by atoms with E-state index in [0.717, 1.165) is 11.1 Å². The van der Waals surface area contributed by atoms with Crippen LogP contribution in [0.2, 0.25) is 0 Å². The Hall–Kier alpha value is -5.24. The Morgan fingerprint density at radius 1 is 0.477 bits per heavy atom. The molecule has 0 spiro atoms. The minimum atomic E-state index is -0.479. The van der Waals surface area contributed by atoms with Crippen LogP contribution >= 0.6 is 0 Å². The summed E-state index contributed by atoms with van der Waals surface area (Å²) in [6.07, 6.45) is 1.19. The molecule has 0 heterocycles. The van der Waals surface area contributed by atoms with Gasteiger partial charge >= 0.3 is 23.9 Å². The van der Waals surface area contributed by atoms with Crippen molar-refractivity contribution in [2.24, 2.45) is 5.92 Å². The number of aryl methyl sites for hydroxylation is 2. The second kappa shape index (κ2) is 15.3. The van der Waals surface area contributed by atoms with E-state index in [1.165, 1.54) is 0 Å². The van der Waals surface area contributed by atoms with Crippen molar-refractivity contribution in [3.8, 4) is 11.5 Å². The molecule has 0 unspecified atom stereocenters. The summed E-state index contributed by atoms with van der Waals surface area (Å²) in [6.45, 7) is 6.27. The summed E-state index contributed by atoms with van der Waals surface area (Å²) in [5.41, 5.74) is 3.66. The third kappa shape index (κ3) is 9.39. The van der Waals surface area contributed by atoms with Gasteiger partial charge in [0.25, 0.3) is 0 Å². The van der Waals surface area contributed by atoms with Crippen LogP contribution < -0.4 is 9.47 Å². The molecule has 0 saturated carbocycles. The summed E-state index contributed by atoms with van der Waals surface area (Å²) in [5, 5.41) is 0. The summed E-state index contributed by atoms with van der Waals surface area (Å²) >= 11 is 0. The molecule has 4 aromatic rings. The van der Waals surface area contributed by atoms with Gasteiger partial charge in [0.15, 0.2) is 0 Å². The molecule has 0 bridgehead atoms. The van der Waals surface area contributed by atoms with Crippen LogP contribution in [-0.4, -0.2) is 37.1 Å². The van der Waals surface area contributed by atoms with Gasteiger partial charge < -0.3 is 18.9 Å². The maximum absolute atomic E-state index is 12.4. The number of carbonyl (C=O) groups is 4. The predicted octanol–water partition coefficient (Wildman–Crippen LogP) is 7.17. The average molecular weight is 595 g/mol. The molecule has 8 heteroatoms. The van der Waals surface area contributed by atoms with Crippen LogP contribution in [0.5, 0.6) is 11.5 Å². The highest BCUT2D eigenvalue weighted by molar-refractivity contribution is 5.93. The molecular weight excluding hydrogens is 560 g/mol. The van der Waals surface area contributed by atoms with Gasteiger partial charge in [-0.3, -0.25) is 0 Å². The lowest BCUT2D eigenvalue weighted by Crippen LogP contribution is -2.12. The minimum absolute atomic E-state index is 0.141. The molecule has 0 aromatic heterocycles. The lowest BCUT2D eigenvalue weighted by Gasteiger charge is -2.12. The fraction of sp³-hybridized carbons (Fsp3) is 0.222. The third-order valence-electron chi connectivity index (χ3n) is 6.86. The molecule has 226 valence electrons. The zero-order chi connectivity index (χ0) is 31.5. The Morgan fingerprint density at radius 2 is 0.773 bits per heavy atom. The number of hydrogen-bond acceptors (Lipinski definition) is 8. The summed E-state index contributed by atoms with van der Waals surface area (Å²) in [7, 11) is 0. The van der Waals surface area contributed by atoms with Crippen LogP contribution in [-0.2, 0) is 9.47 Å². The van der Waals surface area contributed by atoms with Gasteiger partial charge in [0.2, 0.25) is 0 Å². The Morgan fingerprint density at radius 3 is 1.11 bits per heavy atom. The molecule has 44 heavy (non-hydrogen) atoms. The summed E-state index contributed by atoms with van der Waals surface area (Å²) < 4.78 is 21.5. The Labute approximate surface area is 256 Å². The predicted molar refractivity (Wildman–Crippen MR) is 164 cm³/mol. The molecule has 8 nitrogen and oxygen atoms in total. The van der Waals surface area contributed by atoms with Crippen LogP contribution in [0.3, 0.4) is 0 Å². The molecule has 4 aromatic carbocycles. The van der Waals surface area contributed by atoms with Gasteiger partial charge in [0.05, 0.1) is 35.5 Å². The van der Waals surface area contributed by atoms with E-state index >= 15 is 0 Å². The molecule has 0 radical (unpaired) electrons. The first-order chi connectivity index (χ1) is 21.2. The minimum Gasteiger partial charge on any atom is -0.462 e. The van der Waals surface area contributed by atoms with Crippen molar-refractivity contribution in [3.63, 3.8) is 0 Å². The molecular formula is C36H34O8. The Kier molecular flexibility index (Phi) is 11.0. The number of hydrogen-bond donors (Lipinski definition) is 0. The first-order valence-electron chi connectivity index (χ1n) is 14.3. The second-order valence-corrected chi connectivity index (χ2v) is 10.5. The third-order valence-corrected chi connectivity index (χ3v) is 6.86. The van der Waals surface area contributed by atoms with Crippen molar-refractivity contribution in [2.75, 3.05) is 13.2 Å². The summed E-state index contributed by atoms with van der Waals surface area (Å²) in [6, 6.07) is 26.5. The highest BCUT2D eigenvalue weighted by Gasteiger charge is 2.14. The lowest BCUT2D eigenvalue weighted by atomic mass is 10.1. The molecule has 0 aliphatic rings. The first kappa shape index (κ1) is 31.7. The molecule has 0 fully saturated rings. The van der Waals surface area contributed by atoms with Crippen LogP contribution in [0.25, 0.3) is 0 Å². The van der Waals surface area contributed by atoms with Crippen LogP contribution in [0, 0.1) is 19.8 Å². The molecule has 0 saturated heterocycles. The van der Waals surface area contributed by atoms with Crippen molar-refractivity contribution in [3.05, 3.63) is 130 Å². The van der Waals surface area contributed by atoms with E-state index in [4.69, 9.17) is 18.9 Å². The molecule has 0 amide bonds. The van der Waals surface area contributed by atoms with Crippen molar-refractivity contribution < 1.29 is 38.1 Å². The zero-order valence-corrected chi connectivity index (χ0v) is 24.9. The highest BCUT2D eigenvalue weighted by Crippen LogP contribution is 2.18. The van der Waals surface area contributed by atoms with Crippen molar-refractivity contribution in [2.45, 2.75) is 33.6 Å². The van der Waals surface area contributed by atoms with E-state index < -0.39 is 23.9 Å². The van der Waals surface area contributed by atoms with E-state index in [0.29, 0.717) is 46.6 Å². The Balaban J connectivity index is 1.12. The van der Waals surface area contributed by atoms with Crippen molar-refractivity contribution in [1.82, 2.24) is 0 Å². The largest absolute Gasteiger partial charge is 0.462 e. The lowest BCUT2D eigenvalue weighted by molar-refractivity contribution is 0.0449. The number of rotatable bonds is 12. The standard InChI is InChI=1S/C36H34O8/c1-24-4-8-29(9-5-24)35(39)43-31-16-12-27(13-17-31)33(37)41-22-20-26(3)21-23-42-34(38)28-14-18-32(19-15-28)44-36(40)30-10-6-25(2)7-11-30/h4-19,26H,20-23H2,1-3H3. The normalized spacial score (nSPS) is 10.6. The van der Waals surface area contributed by atoms with Gasteiger partial charge in [-0.05, 0) is 105 Å². The van der Waals surface area contributed by atoms with Crippen molar-refractivity contribution in [1.29, 1.82) is 0 Å². The van der Waals surface area contributed by atoms with E-state index in [-0.39, 0.29) is 19.1 Å². The van der Waals surface area contributed by atoms with Crippen LogP contribution in [0.4, 0.5) is 0 Å². The van der Waals surface area contributed by atoms with Crippen LogP contribution in [0.15, 0.2) is 97.1 Å². The fourth-order valence-corrected chi connectivity index (χ4v) is 4.05. The summed E-state index contributed by atoms with van der Waals surface area (Å²) in [4.78, 5) is 49.4. The topological polar surface area (TPSA) is 105 Å². The molecule has 0 N–H and O–H groups in total. The second-order valence-electron chi connectivity index (χ2n) is 10.5. The fourth-order valence-electron chi connectivity index (χ4n) is 4.05. The first-order valence-corrected chi connectivity index (χ1v) is 14.3. The van der Waals surface area contributed by atoms with E-state index in [9.17, 15) is 19.2 Å². The zero-order valence-electron chi connectivity index (χ0n) is 24.9. The number of ether oxygens (including phenoxy) is 4. The number of esters is 4. The SMILES string of the molecule is Cc1ccc(C(=O)Oc2ccc(C(=O)OCCC(C)CCOC(=O)c3ccc(OC(=O)c4ccc(C)cc4)cc3)cc2)cc1. The molecule has 0 aliphatic carbocycles. The van der Waals surface area contributed by atoms with Gasteiger partial charge in [-0.15, -0.1) is 0 Å². The molecule has 4 rings (SSSR count). The van der Waals surface area contributed by atoms with Gasteiger partial charge in [0.1, 0.15) is 11.5 Å². The van der Waals surface area contributed by atoms with E-state index in [1.54, 1.807) is 72.8 Å². The van der Waals surface area contributed by atoms with Gasteiger partial charge in [-0.2, -0.15) is 0 Å². The molecule has 0 atom stereocenters. The molecule has 0 aliphatic heterocycles. The number of benzene rings is 4. The average Bonchev–Trinajstić information content (AvgIpc) is 3.02. The van der Waals surface area contributed by atoms with Gasteiger partial charge in [-0.1, -0.05) is 42.3 Å². The van der Waals surface area contributed by atoms with Crippen LogP contribution in [0.1, 0.15) is 72.3 Å². The number of carbonyl (C=O) groups excluding carboxylic acids is 4. The van der Waals surface area contributed by atoms with E-state index in [2.05, 4.69) is 0 Å². The summed E-state index contributed by atoms with van der Waals surface area (Å²) in [5.74, 6) is -1.12. The van der Waals surface area contributed by atoms with Gasteiger partial charge in [-0.25, -0.2) is 19.2 Å². The Bertz CT molecular complexity index is 1450. The maximum Gasteiger partial charge on any atom is 0.343 e. The smallest absolute Gasteiger partial charge is 0.343 e.